The summed E-state index contributed by atoms with van der Waals surface area (Å²) in [7, 11) is 1.70. The highest BCUT2D eigenvalue weighted by Gasteiger charge is 2.07. The van der Waals surface area contributed by atoms with E-state index < -0.39 is 0 Å². The predicted molar refractivity (Wildman–Crippen MR) is 102 cm³/mol. The molecule has 2 aromatic heterocycles. The molecule has 0 aliphatic carbocycles. The minimum Gasteiger partial charge on any atom is -0.352 e. The SMILES string of the molecule is CN=C(NCc1ccc(-n2ccnc2)c(F)c1)NCc1nc(C)c(C)s1. The number of aromatic nitrogens is 3. The number of thiazole rings is 1. The predicted octanol–water partition coefficient (Wildman–Crippen LogP) is 2.95. The fourth-order valence-corrected chi connectivity index (χ4v) is 3.33. The number of benzene rings is 1. The Kier molecular flexibility index (Phi) is 5.62. The topological polar surface area (TPSA) is 67.1 Å². The molecule has 3 rings (SSSR count). The van der Waals surface area contributed by atoms with Crippen molar-refractivity contribution in [1.82, 2.24) is 25.2 Å². The Labute approximate surface area is 155 Å². The summed E-state index contributed by atoms with van der Waals surface area (Å²) in [4.78, 5) is 13.9. The maximum Gasteiger partial charge on any atom is 0.191 e. The maximum absolute atomic E-state index is 14.3. The van der Waals surface area contributed by atoms with Gasteiger partial charge in [0.1, 0.15) is 10.8 Å². The van der Waals surface area contributed by atoms with Gasteiger partial charge in [-0.3, -0.25) is 4.99 Å². The lowest BCUT2D eigenvalue weighted by Gasteiger charge is -2.12. The lowest BCUT2D eigenvalue weighted by molar-refractivity contribution is 0.615. The van der Waals surface area contributed by atoms with E-state index in [9.17, 15) is 4.39 Å². The van der Waals surface area contributed by atoms with E-state index in [2.05, 4.69) is 32.5 Å². The first-order valence-electron chi connectivity index (χ1n) is 8.21. The number of halogens is 1. The van der Waals surface area contributed by atoms with Gasteiger partial charge in [-0.25, -0.2) is 14.4 Å². The van der Waals surface area contributed by atoms with Crippen molar-refractivity contribution in [3.05, 3.63) is 63.9 Å². The van der Waals surface area contributed by atoms with Gasteiger partial charge < -0.3 is 15.2 Å². The van der Waals surface area contributed by atoms with Crippen LogP contribution in [-0.4, -0.2) is 27.5 Å². The minimum atomic E-state index is -0.293. The van der Waals surface area contributed by atoms with Crippen molar-refractivity contribution in [1.29, 1.82) is 0 Å². The van der Waals surface area contributed by atoms with Crippen LogP contribution in [0.4, 0.5) is 4.39 Å². The first-order valence-corrected chi connectivity index (χ1v) is 9.02. The Bertz CT molecular complexity index is 881. The molecule has 0 aliphatic heterocycles. The van der Waals surface area contributed by atoms with E-state index in [0.29, 0.717) is 24.7 Å². The van der Waals surface area contributed by atoms with Gasteiger partial charge in [-0.05, 0) is 31.5 Å². The molecule has 0 aliphatic rings. The molecule has 0 saturated heterocycles. The van der Waals surface area contributed by atoms with Crippen LogP contribution in [-0.2, 0) is 13.1 Å². The summed E-state index contributed by atoms with van der Waals surface area (Å²) >= 11 is 1.67. The Balaban J connectivity index is 1.57. The van der Waals surface area contributed by atoms with Crippen molar-refractivity contribution in [2.75, 3.05) is 7.05 Å². The summed E-state index contributed by atoms with van der Waals surface area (Å²) in [5.74, 6) is 0.355. The zero-order valence-corrected chi connectivity index (χ0v) is 15.8. The molecule has 0 atom stereocenters. The number of rotatable bonds is 5. The van der Waals surface area contributed by atoms with Crippen LogP contribution in [0.1, 0.15) is 21.1 Å². The number of guanidine groups is 1. The molecule has 8 heteroatoms. The quantitative estimate of drug-likeness (QED) is 0.534. The molecule has 0 unspecified atom stereocenters. The number of nitrogens with zero attached hydrogens (tertiary/aromatic N) is 4. The van der Waals surface area contributed by atoms with Crippen LogP contribution in [0, 0.1) is 19.7 Å². The molecule has 0 spiro atoms. The molecule has 136 valence electrons. The van der Waals surface area contributed by atoms with Gasteiger partial charge in [0.05, 0.1) is 24.3 Å². The molecule has 0 radical (unpaired) electrons. The van der Waals surface area contributed by atoms with Crippen LogP contribution in [0.2, 0.25) is 0 Å². The van der Waals surface area contributed by atoms with Gasteiger partial charge in [-0.1, -0.05) is 6.07 Å². The van der Waals surface area contributed by atoms with Crippen molar-refractivity contribution in [3.63, 3.8) is 0 Å². The molecular formula is C18H21FN6S. The number of nitrogens with one attached hydrogen (secondary N) is 2. The van der Waals surface area contributed by atoms with Gasteiger partial charge in [-0.15, -0.1) is 11.3 Å². The summed E-state index contributed by atoms with van der Waals surface area (Å²) in [5, 5.41) is 7.43. The van der Waals surface area contributed by atoms with Gasteiger partial charge >= 0.3 is 0 Å². The standard InChI is InChI=1S/C18H21FN6S/c1-12-13(2)26-17(24-12)10-23-18(20-3)22-9-14-4-5-16(15(19)8-14)25-7-6-21-11-25/h4-8,11H,9-10H2,1-3H3,(H2,20,22,23). The summed E-state index contributed by atoms with van der Waals surface area (Å²) in [6, 6.07) is 5.14. The third kappa shape index (κ3) is 4.26. The fraction of sp³-hybridized carbons (Fsp3) is 0.278. The van der Waals surface area contributed by atoms with Crippen LogP contribution in [0.15, 0.2) is 41.9 Å². The van der Waals surface area contributed by atoms with Crippen molar-refractivity contribution in [2.45, 2.75) is 26.9 Å². The largest absolute Gasteiger partial charge is 0.352 e. The first kappa shape index (κ1) is 18.1. The number of imidazole rings is 1. The zero-order valence-electron chi connectivity index (χ0n) is 15.0. The Morgan fingerprint density at radius 3 is 2.69 bits per heavy atom. The van der Waals surface area contributed by atoms with Gasteiger partial charge in [0, 0.05) is 30.9 Å². The first-order chi connectivity index (χ1) is 12.6. The van der Waals surface area contributed by atoms with Gasteiger partial charge in [0.2, 0.25) is 0 Å². The third-order valence-electron chi connectivity index (χ3n) is 3.96. The highest BCUT2D eigenvalue weighted by atomic mass is 32.1. The summed E-state index contributed by atoms with van der Waals surface area (Å²) < 4.78 is 15.9. The molecule has 0 fully saturated rings. The average Bonchev–Trinajstić information content (AvgIpc) is 3.26. The smallest absolute Gasteiger partial charge is 0.191 e. The molecule has 26 heavy (non-hydrogen) atoms. The number of hydrogen-bond donors (Lipinski definition) is 2. The molecule has 0 amide bonds. The van der Waals surface area contributed by atoms with E-state index in [1.807, 2.05) is 13.0 Å². The van der Waals surface area contributed by atoms with Crippen molar-refractivity contribution >= 4 is 17.3 Å². The Hall–Kier alpha value is -2.74. The average molecular weight is 372 g/mol. The van der Waals surface area contributed by atoms with Gasteiger partial charge in [-0.2, -0.15) is 0 Å². The molecule has 3 aromatic rings. The van der Waals surface area contributed by atoms with Crippen LogP contribution in [0.3, 0.4) is 0 Å². The van der Waals surface area contributed by atoms with E-state index in [1.54, 1.807) is 47.7 Å². The number of aliphatic imine (C=N–C) groups is 1. The second kappa shape index (κ2) is 8.09. The lowest BCUT2D eigenvalue weighted by atomic mass is 10.2. The molecule has 0 bridgehead atoms. The number of aryl methyl sites for hydroxylation is 2. The molecule has 0 saturated carbocycles. The van der Waals surface area contributed by atoms with Gasteiger partial charge in [0.25, 0.3) is 0 Å². The molecule has 1 aromatic carbocycles. The Morgan fingerprint density at radius 2 is 2.08 bits per heavy atom. The van der Waals surface area contributed by atoms with E-state index in [-0.39, 0.29) is 5.82 Å². The molecule has 6 nitrogen and oxygen atoms in total. The highest BCUT2D eigenvalue weighted by molar-refractivity contribution is 7.11. The van der Waals surface area contributed by atoms with Crippen LogP contribution in [0.25, 0.3) is 5.69 Å². The normalized spacial score (nSPS) is 11.6. The van der Waals surface area contributed by atoms with Crippen LogP contribution in [0.5, 0.6) is 0 Å². The van der Waals surface area contributed by atoms with Crippen LogP contribution < -0.4 is 10.6 Å². The van der Waals surface area contributed by atoms with E-state index >= 15 is 0 Å². The highest BCUT2D eigenvalue weighted by Crippen LogP contribution is 2.16. The minimum absolute atomic E-state index is 0.293. The maximum atomic E-state index is 14.3. The van der Waals surface area contributed by atoms with Crippen LogP contribution >= 0.6 is 11.3 Å². The monoisotopic (exact) mass is 372 g/mol. The summed E-state index contributed by atoms with van der Waals surface area (Å²) in [6.45, 7) is 5.14. The van der Waals surface area contributed by atoms with E-state index in [0.717, 1.165) is 16.3 Å². The molecular weight excluding hydrogens is 351 g/mol. The second-order valence-corrected chi connectivity index (χ2v) is 7.07. The Morgan fingerprint density at radius 1 is 1.27 bits per heavy atom. The molecule has 2 N–H and O–H groups in total. The van der Waals surface area contributed by atoms with E-state index in [1.165, 1.54) is 10.9 Å². The fourth-order valence-electron chi connectivity index (χ4n) is 2.45. The van der Waals surface area contributed by atoms with Gasteiger partial charge in [0.15, 0.2) is 5.96 Å². The van der Waals surface area contributed by atoms with Crippen molar-refractivity contribution < 1.29 is 4.39 Å². The molecule has 2 heterocycles. The van der Waals surface area contributed by atoms with Crippen molar-refractivity contribution in [2.24, 2.45) is 4.99 Å². The summed E-state index contributed by atoms with van der Waals surface area (Å²) in [6.07, 6.45) is 4.91. The van der Waals surface area contributed by atoms with E-state index in [4.69, 9.17) is 0 Å². The third-order valence-corrected chi connectivity index (χ3v) is 5.03. The zero-order chi connectivity index (χ0) is 18.5. The lowest BCUT2D eigenvalue weighted by Crippen LogP contribution is -2.36. The second-order valence-electron chi connectivity index (χ2n) is 5.78. The van der Waals surface area contributed by atoms with Crippen molar-refractivity contribution in [3.8, 4) is 5.69 Å². The summed E-state index contributed by atoms with van der Waals surface area (Å²) in [5.41, 5.74) is 2.36. The number of hydrogen-bond acceptors (Lipinski definition) is 4.